The number of hydrogen-bond donors (Lipinski definition) is 0. The highest BCUT2D eigenvalue weighted by Gasteiger charge is 2.34. The van der Waals surface area contributed by atoms with Crippen LogP contribution < -0.4 is 0 Å². The molecule has 1 aromatic heterocycles. The van der Waals surface area contributed by atoms with Gasteiger partial charge in [-0.05, 0) is 12.1 Å². The van der Waals surface area contributed by atoms with E-state index in [4.69, 9.17) is 0 Å². The second-order valence-electron chi connectivity index (χ2n) is 1.82. The summed E-state index contributed by atoms with van der Waals surface area (Å²) in [6.07, 6.45) is -4.30. The maximum Gasteiger partial charge on any atom is 0.449 e. The molecule has 0 aliphatic heterocycles. The number of rotatable bonds is 1. The van der Waals surface area contributed by atoms with Crippen LogP contribution in [0.4, 0.5) is 13.2 Å². The Kier molecular flexibility index (Phi) is 1.72. The summed E-state index contributed by atoms with van der Waals surface area (Å²) >= 11 is 0. The van der Waals surface area contributed by atoms with Gasteiger partial charge in [0.05, 0.1) is 0 Å². The first-order valence-corrected chi connectivity index (χ1v) is 2.66. The molecule has 11 heavy (non-hydrogen) atoms. The zero-order valence-electron chi connectivity index (χ0n) is 5.18. The van der Waals surface area contributed by atoms with Crippen molar-refractivity contribution in [3.8, 4) is 0 Å². The summed E-state index contributed by atoms with van der Waals surface area (Å²) in [5.74, 6) is -1.48. The Morgan fingerprint density at radius 2 is 2.00 bits per heavy atom. The number of alkyl halides is 3. The lowest BCUT2D eigenvalue weighted by Gasteiger charge is -1.99. The van der Waals surface area contributed by atoms with Gasteiger partial charge in [-0.1, -0.05) is 0 Å². The lowest BCUT2D eigenvalue weighted by atomic mass is 10.4. The average molecular weight is 164 g/mol. The summed E-state index contributed by atoms with van der Waals surface area (Å²) in [6.45, 7) is 0. The Morgan fingerprint density at radius 1 is 1.36 bits per heavy atom. The summed E-state index contributed by atoms with van der Waals surface area (Å²) < 4.78 is 39.3. The molecule has 0 N–H and O–H groups in total. The largest absolute Gasteiger partial charge is 0.449 e. The number of aldehydes is 1. The van der Waals surface area contributed by atoms with Crippen LogP contribution in [-0.2, 0) is 6.18 Å². The average Bonchev–Trinajstić information content (AvgIpc) is 2.32. The Balaban J connectivity index is 2.98. The van der Waals surface area contributed by atoms with Gasteiger partial charge in [-0.25, -0.2) is 0 Å². The highest BCUT2D eigenvalue weighted by molar-refractivity contribution is 5.70. The van der Waals surface area contributed by atoms with E-state index in [0.29, 0.717) is 6.07 Å². The molecule has 5 heteroatoms. The Morgan fingerprint density at radius 3 is 2.27 bits per heavy atom. The van der Waals surface area contributed by atoms with Gasteiger partial charge in [0.2, 0.25) is 5.76 Å². The molecular weight excluding hydrogens is 161 g/mol. The monoisotopic (exact) mass is 164 g/mol. The van der Waals surface area contributed by atoms with Crippen LogP contribution in [0.5, 0.6) is 0 Å². The van der Waals surface area contributed by atoms with Crippen molar-refractivity contribution in [2.45, 2.75) is 6.18 Å². The molecule has 2 nitrogen and oxygen atoms in total. The summed E-state index contributed by atoms with van der Waals surface area (Å²) in [6, 6.07) is 1.68. The topological polar surface area (TPSA) is 30.2 Å². The maximum absolute atomic E-state index is 11.7. The molecule has 0 aliphatic carbocycles. The quantitative estimate of drug-likeness (QED) is 0.595. The van der Waals surface area contributed by atoms with Crippen LogP contribution in [0.2, 0.25) is 0 Å². The Labute approximate surface area is 59.6 Å². The third-order valence-corrected chi connectivity index (χ3v) is 1.02. The molecule has 1 aromatic rings. The minimum atomic E-state index is -4.51. The SMILES string of the molecule is O=Cc1ccc(C(F)(F)F)o1. The van der Waals surface area contributed by atoms with Crippen molar-refractivity contribution in [2.75, 3.05) is 0 Å². The van der Waals surface area contributed by atoms with Crippen molar-refractivity contribution in [1.29, 1.82) is 0 Å². The van der Waals surface area contributed by atoms with E-state index < -0.39 is 11.9 Å². The lowest BCUT2D eigenvalue weighted by Crippen LogP contribution is -2.02. The van der Waals surface area contributed by atoms with Crippen LogP contribution in [0.15, 0.2) is 16.5 Å². The third kappa shape index (κ3) is 1.60. The predicted octanol–water partition coefficient (Wildman–Crippen LogP) is 2.11. The van der Waals surface area contributed by atoms with E-state index in [-0.39, 0.29) is 12.0 Å². The molecule has 0 unspecified atom stereocenters. The second kappa shape index (κ2) is 2.41. The van der Waals surface area contributed by atoms with E-state index in [2.05, 4.69) is 4.42 Å². The van der Waals surface area contributed by atoms with Gasteiger partial charge in [-0.15, -0.1) is 0 Å². The fraction of sp³-hybridized carbons (Fsp3) is 0.167. The second-order valence-corrected chi connectivity index (χ2v) is 1.82. The highest BCUT2D eigenvalue weighted by atomic mass is 19.4. The lowest BCUT2D eigenvalue weighted by molar-refractivity contribution is -0.153. The highest BCUT2D eigenvalue weighted by Crippen LogP contribution is 2.29. The van der Waals surface area contributed by atoms with Crippen molar-refractivity contribution in [3.63, 3.8) is 0 Å². The van der Waals surface area contributed by atoms with Gasteiger partial charge >= 0.3 is 6.18 Å². The Hall–Kier alpha value is -1.26. The van der Waals surface area contributed by atoms with E-state index in [1.165, 1.54) is 0 Å². The molecule has 60 valence electrons. The molecule has 0 aliphatic rings. The van der Waals surface area contributed by atoms with Crippen molar-refractivity contribution >= 4 is 6.29 Å². The van der Waals surface area contributed by atoms with Crippen LogP contribution in [0.3, 0.4) is 0 Å². The van der Waals surface area contributed by atoms with Crippen LogP contribution in [0, 0.1) is 0 Å². The molecule has 1 heterocycles. The van der Waals surface area contributed by atoms with Crippen LogP contribution in [0.1, 0.15) is 16.3 Å². The van der Waals surface area contributed by atoms with Crippen LogP contribution in [0.25, 0.3) is 0 Å². The molecule has 0 bridgehead atoms. The first-order valence-electron chi connectivity index (χ1n) is 2.66. The van der Waals surface area contributed by atoms with Crippen molar-refractivity contribution in [1.82, 2.24) is 0 Å². The van der Waals surface area contributed by atoms with Crippen molar-refractivity contribution in [2.24, 2.45) is 0 Å². The summed E-state index contributed by atoms with van der Waals surface area (Å²) in [4.78, 5) is 9.89. The van der Waals surface area contributed by atoms with Gasteiger partial charge in [0.15, 0.2) is 12.0 Å². The normalized spacial score (nSPS) is 11.5. The van der Waals surface area contributed by atoms with Gasteiger partial charge in [0, 0.05) is 0 Å². The molecule has 0 aromatic carbocycles. The zero-order chi connectivity index (χ0) is 8.48. The van der Waals surface area contributed by atoms with E-state index in [0.717, 1.165) is 6.07 Å². The fourth-order valence-corrected chi connectivity index (χ4v) is 0.569. The Bertz CT molecular complexity index is 261. The molecule has 0 saturated heterocycles. The minimum absolute atomic E-state index is 0.217. The van der Waals surface area contributed by atoms with Gasteiger partial charge in [-0.2, -0.15) is 13.2 Å². The van der Waals surface area contributed by atoms with Crippen LogP contribution >= 0.6 is 0 Å². The molecular formula is C6H3F3O2. The molecule has 0 amide bonds. The summed E-state index contributed by atoms with van der Waals surface area (Å²) in [7, 11) is 0. The molecule has 1 rings (SSSR count). The van der Waals surface area contributed by atoms with Gasteiger partial charge in [0.1, 0.15) is 0 Å². The number of carbonyl (C=O) groups excluding carboxylic acids is 1. The number of carbonyl (C=O) groups is 1. The summed E-state index contributed by atoms with van der Waals surface area (Å²) in [5.41, 5.74) is 0. The standard InChI is InChI=1S/C6H3F3O2/c7-6(8,9)5-2-1-4(3-10)11-5/h1-3H. The van der Waals surface area contributed by atoms with Crippen molar-refractivity contribution < 1.29 is 22.4 Å². The first-order chi connectivity index (χ1) is 5.04. The van der Waals surface area contributed by atoms with E-state index in [1.54, 1.807) is 0 Å². The number of hydrogen-bond acceptors (Lipinski definition) is 2. The third-order valence-electron chi connectivity index (χ3n) is 1.02. The smallest absolute Gasteiger partial charge is 0.449 e. The van der Waals surface area contributed by atoms with Crippen LogP contribution in [-0.4, -0.2) is 6.29 Å². The van der Waals surface area contributed by atoms with Gasteiger partial charge in [0.25, 0.3) is 0 Å². The van der Waals surface area contributed by atoms with E-state index in [9.17, 15) is 18.0 Å². The molecule has 0 fully saturated rings. The van der Waals surface area contributed by atoms with Gasteiger partial charge < -0.3 is 4.42 Å². The maximum atomic E-state index is 11.7. The number of halogens is 3. The molecule has 0 radical (unpaired) electrons. The number of furan rings is 1. The minimum Gasteiger partial charge on any atom is -0.449 e. The zero-order valence-corrected chi connectivity index (χ0v) is 5.18. The first kappa shape index (κ1) is 7.84. The van der Waals surface area contributed by atoms with E-state index >= 15 is 0 Å². The predicted molar refractivity (Wildman–Crippen MR) is 29.1 cm³/mol. The fourth-order valence-electron chi connectivity index (χ4n) is 0.569. The molecule has 0 atom stereocenters. The van der Waals surface area contributed by atoms with Gasteiger partial charge in [-0.3, -0.25) is 4.79 Å². The molecule has 0 spiro atoms. The van der Waals surface area contributed by atoms with Crippen molar-refractivity contribution in [3.05, 3.63) is 23.7 Å². The van der Waals surface area contributed by atoms with E-state index in [1.807, 2.05) is 0 Å². The molecule has 0 saturated carbocycles. The summed E-state index contributed by atoms with van der Waals surface area (Å²) in [5, 5.41) is 0.